The largest absolute Gasteiger partial charge is 0.478 e. The van der Waals surface area contributed by atoms with E-state index in [-0.39, 0.29) is 0 Å². The summed E-state index contributed by atoms with van der Waals surface area (Å²) in [6.07, 6.45) is 3.40. The van der Waals surface area contributed by atoms with Crippen LogP contribution in [-0.4, -0.2) is 31.0 Å². The Morgan fingerprint density at radius 1 is 0.645 bits per heavy atom. The summed E-state index contributed by atoms with van der Waals surface area (Å²) in [5.74, 6) is -0.878. The molecule has 0 aliphatic heterocycles. The first kappa shape index (κ1) is 19.8. The number of hydrogen-bond acceptors (Lipinski definition) is 3. The minimum Gasteiger partial charge on any atom is -0.478 e. The highest BCUT2D eigenvalue weighted by atomic mass is 16.4. The van der Waals surface area contributed by atoms with E-state index in [2.05, 4.69) is 19.9 Å². The molecule has 152 valence electrons. The molecule has 2 aromatic heterocycles. The van der Waals surface area contributed by atoms with E-state index in [1.165, 1.54) is 0 Å². The normalized spacial score (nSPS) is 10.2. The summed E-state index contributed by atoms with van der Waals surface area (Å²) in [4.78, 5) is 25.0. The van der Waals surface area contributed by atoms with Gasteiger partial charge in [0.2, 0.25) is 0 Å². The van der Waals surface area contributed by atoms with Gasteiger partial charge in [0.15, 0.2) is 0 Å². The van der Waals surface area contributed by atoms with Crippen LogP contribution in [0.1, 0.15) is 10.4 Å². The molecule has 0 saturated heterocycles. The zero-order chi connectivity index (χ0) is 21.5. The Bertz CT molecular complexity index is 1300. The van der Waals surface area contributed by atoms with E-state index in [9.17, 15) is 4.79 Å². The van der Waals surface area contributed by atoms with Gasteiger partial charge in [0.1, 0.15) is 0 Å². The van der Waals surface area contributed by atoms with Crippen molar-refractivity contribution in [2.45, 2.75) is 0 Å². The van der Waals surface area contributed by atoms with Gasteiger partial charge in [-0.15, -0.1) is 0 Å². The lowest BCUT2D eigenvalue weighted by Gasteiger charge is -2.00. The molecule has 0 fully saturated rings. The monoisotopic (exact) mass is 408 g/mol. The molecule has 3 N–H and O–H groups in total. The molecule has 6 nitrogen and oxygen atoms in total. The molecule has 0 aliphatic rings. The summed E-state index contributed by atoms with van der Waals surface area (Å²) in [6.45, 7) is 0. The van der Waals surface area contributed by atoms with Crippen LogP contribution in [0, 0.1) is 0 Å². The lowest BCUT2D eigenvalue weighted by molar-refractivity contribution is 0.0699. The maximum Gasteiger partial charge on any atom is 0.336 e. The minimum absolute atomic E-state index is 0.359. The molecule has 2 heterocycles. The molecular formula is C25H20N4O2. The van der Waals surface area contributed by atoms with Crippen LogP contribution < -0.4 is 0 Å². The Morgan fingerprint density at radius 3 is 1.74 bits per heavy atom. The van der Waals surface area contributed by atoms with Crippen molar-refractivity contribution >= 4 is 38.8 Å². The van der Waals surface area contributed by atoms with Crippen molar-refractivity contribution < 1.29 is 9.90 Å². The molecule has 6 heteroatoms. The van der Waals surface area contributed by atoms with Crippen LogP contribution >= 0.6 is 0 Å². The average Bonchev–Trinajstić information content (AvgIpc) is 3.49. The molecule has 0 aliphatic carbocycles. The van der Waals surface area contributed by atoms with Crippen LogP contribution in [0.2, 0.25) is 0 Å². The Hall–Kier alpha value is -4.45. The number of H-pyrrole nitrogens is 2. The number of carboxylic acids is 1. The van der Waals surface area contributed by atoms with Gasteiger partial charge in [-0.1, -0.05) is 60.7 Å². The second kappa shape index (κ2) is 9.37. The Labute approximate surface area is 178 Å². The van der Waals surface area contributed by atoms with E-state index in [1.54, 1.807) is 24.8 Å². The number of fused-ring (bicyclic) bond motifs is 3. The van der Waals surface area contributed by atoms with E-state index in [1.807, 2.05) is 78.9 Å². The van der Waals surface area contributed by atoms with Crippen LogP contribution in [0.3, 0.4) is 0 Å². The van der Waals surface area contributed by atoms with E-state index >= 15 is 0 Å². The van der Waals surface area contributed by atoms with Gasteiger partial charge in [0.05, 0.1) is 40.3 Å². The molecule has 0 bridgehead atoms. The fraction of sp³-hybridized carbons (Fsp3) is 0. The van der Waals surface area contributed by atoms with Gasteiger partial charge in [0.25, 0.3) is 0 Å². The van der Waals surface area contributed by atoms with Gasteiger partial charge in [-0.05, 0) is 41.1 Å². The Morgan fingerprint density at radius 2 is 1.16 bits per heavy atom. The average molecular weight is 408 g/mol. The lowest BCUT2D eigenvalue weighted by Crippen LogP contribution is -1.96. The zero-order valence-electron chi connectivity index (χ0n) is 16.6. The molecule has 0 atom stereocenters. The topological polar surface area (TPSA) is 94.7 Å². The van der Waals surface area contributed by atoms with Gasteiger partial charge in [-0.25, -0.2) is 14.8 Å². The smallest absolute Gasteiger partial charge is 0.336 e. The number of carboxylic acid groups (broad SMARTS) is 1. The Kier molecular flexibility index (Phi) is 6.00. The first-order valence-corrected chi connectivity index (χ1v) is 9.69. The predicted octanol–water partition coefficient (Wildman–Crippen LogP) is 5.66. The summed E-state index contributed by atoms with van der Waals surface area (Å²) in [5.41, 5.74) is 4.60. The van der Waals surface area contributed by atoms with E-state index in [4.69, 9.17) is 5.11 Å². The summed E-state index contributed by atoms with van der Waals surface area (Å²) < 4.78 is 0. The molecule has 4 aromatic carbocycles. The maximum absolute atomic E-state index is 10.8. The second-order valence-corrected chi connectivity index (χ2v) is 6.67. The highest BCUT2D eigenvalue weighted by molar-refractivity contribution is 6.03. The number of carbonyl (C=O) groups is 1. The molecule has 0 saturated carbocycles. The molecule has 6 aromatic rings. The van der Waals surface area contributed by atoms with Gasteiger partial charge >= 0.3 is 5.97 Å². The zero-order valence-corrected chi connectivity index (χ0v) is 16.6. The van der Waals surface area contributed by atoms with E-state index < -0.39 is 5.97 Å². The van der Waals surface area contributed by atoms with Crippen LogP contribution in [0.25, 0.3) is 32.8 Å². The van der Waals surface area contributed by atoms with Crippen LogP contribution in [0.4, 0.5) is 0 Å². The third kappa shape index (κ3) is 4.76. The summed E-state index contributed by atoms with van der Waals surface area (Å²) >= 11 is 0. The number of hydrogen-bond donors (Lipinski definition) is 3. The number of aromatic nitrogens is 4. The summed E-state index contributed by atoms with van der Waals surface area (Å²) in [5, 5.41) is 10.6. The third-order valence-corrected chi connectivity index (χ3v) is 4.68. The number of rotatable bonds is 1. The molecule has 0 amide bonds. The van der Waals surface area contributed by atoms with E-state index in [0.717, 1.165) is 32.8 Å². The van der Waals surface area contributed by atoms with Crippen molar-refractivity contribution in [3.8, 4) is 0 Å². The number of imidazole rings is 2. The van der Waals surface area contributed by atoms with Crippen molar-refractivity contribution in [3.63, 3.8) is 0 Å². The number of para-hydroxylation sites is 4. The van der Waals surface area contributed by atoms with E-state index in [0.29, 0.717) is 5.56 Å². The fourth-order valence-electron chi connectivity index (χ4n) is 3.17. The van der Waals surface area contributed by atoms with Crippen molar-refractivity contribution in [3.05, 3.63) is 109 Å². The SMILES string of the molecule is O=C(O)c1cccc2ccccc12.c1ccc2[nH]cnc2c1.c1ccc2[nH]cnc2c1. The van der Waals surface area contributed by atoms with Crippen molar-refractivity contribution in [1.82, 2.24) is 19.9 Å². The fourth-order valence-corrected chi connectivity index (χ4v) is 3.17. The molecule has 31 heavy (non-hydrogen) atoms. The summed E-state index contributed by atoms with van der Waals surface area (Å²) in [7, 11) is 0. The maximum atomic E-state index is 10.8. The predicted molar refractivity (Wildman–Crippen MR) is 123 cm³/mol. The number of nitrogens with zero attached hydrogens (tertiary/aromatic N) is 2. The van der Waals surface area contributed by atoms with Crippen LogP contribution in [0.5, 0.6) is 0 Å². The van der Waals surface area contributed by atoms with Crippen LogP contribution in [-0.2, 0) is 0 Å². The van der Waals surface area contributed by atoms with Crippen molar-refractivity contribution in [2.75, 3.05) is 0 Å². The van der Waals surface area contributed by atoms with Gasteiger partial charge < -0.3 is 15.1 Å². The number of aromatic amines is 2. The summed E-state index contributed by atoms with van der Waals surface area (Å²) in [6, 6.07) is 28.6. The van der Waals surface area contributed by atoms with Gasteiger partial charge in [-0.3, -0.25) is 0 Å². The molecule has 6 rings (SSSR count). The highest BCUT2D eigenvalue weighted by Crippen LogP contribution is 2.18. The number of nitrogens with one attached hydrogen (secondary N) is 2. The highest BCUT2D eigenvalue weighted by Gasteiger charge is 2.05. The standard InChI is InChI=1S/C11H8O2.2C7H6N2/c12-11(13)10-7-3-5-8-4-1-2-6-9(8)10;2*1-2-4-7-6(3-1)8-5-9-7/h1-7H,(H,12,13);2*1-5H,(H,8,9). The van der Waals surface area contributed by atoms with Gasteiger partial charge in [-0.2, -0.15) is 0 Å². The number of benzene rings is 4. The van der Waals surface area contributed by atoms with Crippen molar-refractivity contribution in [2.24, 2.45) is 0 Å². The molecular weight excluding hydrogens is 388 g/mol. The molecule has 0 spiro atoms. The van der Waals surface area contributed by atoms with Crippen molar-refractivity contribution in [1.29, 1.82) is 0 Å². The second-order valence-electron chi connectivity index (χ2n) is 6.67. The first-order valence-electron chi connectivity index (χ1n) is 9.69. The molecule has 0 radical (unpaired) electrons. The van der Waals surface area contributed by atoms with Gasteiger partial charge in [0, 0.05) is 0 Å². The third-order valence-electron chi connectivity index (χ3n) is 4.68. The molecule has 0 unspecified atom stereocenters. The minimum atomic E-state index is -0.878. The Balaban J connectivity index is 0.000000115. The first-order chi connectivity index (χ1) is 15.2. The number of aromatic carboxylic acids is 1. The quantitative estimate of drug-likeness (QED) is 0.327. The van der Waals surface area contributed by atoms with Crippen LogP contribution in [0.15, 0.2) is 104 Å². The lowest BCUT2D eigenvalue weighted by atomic mass is 10.1.